The van der Waals surface area contributed by atoms with E-state index in [2.05, 4.69) is 55.9 Å². The number of nitrogens with one attached hydrogen (secondary N) is 2. The van der Waals surface area contributed by atoms with Crippen LogP contribution in [0.25, 0.3) is 10.8 Å². The Morgan fingerprint density at radius 3 is 2.40 bits per heavy atom. The first kappa shape index (κ1) is 34.5. The van der Waals surface area contributed by atoms with E-state index in [0.717, 1.165) is 36.3 Å². The van der Waals surface area contributed by atoms with E-state index in [1.54, 1.807) is 24.5 Å². The number of benzene rings is 2. The molecule has 0 spiro atoms. The number of nitrogens with zero attached hydrogens (tertiary/aromatic N) is 3. The fraction of sp³-hybridized carbons (Fsp3) is 0.289. The Kier molecular flexibility index (Phi) is 12.1. The quantitative estimate of drug-likeness (QED) is 0.0676. The van der Waals surface area contributed by atoms with Crippen LogP contribution >= 0.6 is 0 Å². The van der Waals surface area contributed by atoms with Crippen molar-refractivity contribution < 1.29 is 14.7 Å². The molecule has 0 amide bonds. The SMILES string of the molecule is NCc1cccc2ccccc12.N[C@](CCCNC1CCCc2cccnc21)(C(=O)O)C(=O)c1ccc(CNCc2ccccn2)nc1. The molecule has 1 aliphatic carbocycles. The molecule has 0 aliphatic heterocycles. The van der Waals surface area contributed by atoms with Gasteiger partial charge in [-0.25, -0.2) is 4.79 Å². The average molecular weight is 646 g/mol. The number of Topliss-reactive ketones (excluding diaryl/α,β-unsaturated/α-hetero) is 1. The average Bonchev–Trinajstić information content (AvgIpc) is 3.13. The summed E-state index contributed by atoms with van der Waals surface area (Å²) in [6.07, 6.45) is 8.46. The highest BCUT2D eigenvalue weighted by molar-refractivity contribution is 6.15. The zero-order chi connectivity index (χ0) is 33.8. The predicted octanol–water partition coefficient (Wildman–Crippen LogP) is 4.87. The van der Waals surface area contributed by atoms with Gasteiger partial charge in [0.25, 0.3) is 0 Å². The molecule has 248 valence electrons. The van der Waals surface area contributed by atoms with Crippen LogP contribution in [0.4, 0.5) is 0 Å². The van der Waals surface area contributed by atoms with Gasteiger partial charge in [0.05, 0.1) is 17.1 Å². The van der Waals surface area contributed by atoms with Crippen LogP contribution in [0.15, 0.2) is 104 Å². The molecule has 1 unspecified atom stereocenters. The molecule has 0 saturated heterocycles. The highest BCUT2D eigenvalue weighted by Crippen LogP contribution is 2.28. The van der Waals surface area contributed by atoms with Gasteiger partial charge in [0, 0.05) is 49.8 Å². The third kappa shape index (κ3) is 8.72. The maximum Gasteiger partial charge on any atom is 0.331 e. The van der Waals surface area contributed by atoms with E-state index in [1.165, 1.54) is 28.1 Å². The highest BCUT2D eigenvalue weighted by atomic mass is 16.4. The Balaban J connectivity index is 0.000000313. The van der Waals surface area contributed by atoms with Crippen molar-refractivity contribution in [2.45, 2.75) is 63.3 Å². The predicted molar refractivity (Wildman–Crippen MR) is 187 cm³/mol. The number of rotatable bonds is 13. The third-order valence-corrected chi connectivity index (χ3v) is 8.65. The second-order valence-corrected chi connectivity index (χ2v) is 12.0. The third-order valence-electron chi connectivity index (χ3n) is 8.65. The number of hydrogen-bond donors (Lipinski definition) is 5. The zero-order valence-electron chi connectivity index (χ0n) is 27.0. The second-order valence-electron chi connectivity index (χ2n) is 12.0. The molecular formula is C38H43N7O3. The summed E-state index contributed by atoms with van der Waals surface area (Å²) in [6, 6.07) is 27.7. The van der Waals surface area contributed by atoms with Gasteiger partial charge in [-0.2, -0.15) is 0 Å². The van der Waals surface area contributed by atoms with Crippen LogP contribution in [0.1, 0.15) is 70.3 Å². The standard InChI is InChI=1S/C27H32N6O3.C11H11N/c28-27(26(35)36,12-5-15-31-23-9-3-6-19-7-4-14-32-24(19)23)25(34)20-10-11-22(33-16-20)18-29-17-21-8-1-2-13-30-21;12-8-10-6-3-5-9-4-1-2-7-11(9)10/h1-2,4,7-8,10-11,13-14,16,23,29,31H,3,5-6,9,12,15,17-18,28H2,(H,35,36);1-7H,8,12H2/t23?,27-;/m0./s1. The minimum absolute atomic E-state index is 0.0172. The van der Waals surface area contributed by atoms with Gasteiger partial charge in [-0.1, -0.05) is 54.6 Å². The molecule has 48 heavy (non-hydrogen) atoms. The van der Waals surface area contributed by atoms with Crippen LogP contribution in [-0.2, 0) is 30.8 Å². The molecule has 10 nitrogen and oxygen atoms in total. The van der Waals surface area contributed by atoms with Crippen molar-refractivity contribution in [1.29, 1.82) is 0 Å². The zero-order valence-corrected chi connectivity index (χ0v) is 27.0. The number of carboxylic acid groups (broad SMARTS) is 1. The van der Waals surface area contributed by atoms with Gasteiger partial charge >= 0.3 is 5.97 Å². The molecule has 5 aromatic rings. The molecule has 3 heterocycles. The van der Waals surface area contributed by atoms with Gasteiger partial charge in [-0.05, 0) is 90.9 Å². The lowest BCUT2D eigenvalue weighted by Crippen LogP contribution is -2.55. The molecule has 6 rings (SSSR count). The number of pyridine rings is 3. The van der Waals surface area contributed by atoms with Crippen molar-refractivity contribution in [3.63, 3.8) is 0 Å². The van der Waals surface area contributed by atoms with Crippen molar-refractivity contribution in [3.05, 3.63) is 137 Å². The minimum Gasteiger partial charge on any atom is -0.480 e. The Morgan fingerprint density at radius 1 is 0.875 bits per heavy atom. The fourth-order valence-electron chi connectivity index (χ4n) is 5.98. The van der Waals surface area contributed by atoms with Crippen LogP contribution in [0.2, 0.25) is 0 Å². The van der Waals surface area contributed by atoms with E-state index in [0.29, 0.717) is 32.6 Å². The summed E-state index contributed by atoms with van der Waals surface area (Å²) in [5.74, 6) is -1.97. The summed E-state index contributed by atoms with van der Waals surface area (Å²) < 4.78 is 0. The minimum atomic E-state index is -2.01. The molecule has 10 heteroatoms. The number of carboxylic acids is 1. The smallest absolute Gasteiger partial charge is 0.331 e. The second kappa shape index (κ2) is 16.8. The van der Waals surface area contributed by atoms with Crippen LogP contribution in [0, 0.1) is 0 Å². The number of carbonyl (C=O) groups is 2. The molecule has 0 radical (unpaired) electrons. The first-order chi connectivity index (χ1) is 23.4. The van der Waals surface area contributed by atoms with Crippen LogP contribution < -0.4 is 22.1 Å². The van der Waals surface area contributed by atoms with Crippen LogP contribution in [0.3, 0.4) is 0 Å². The van der Waals surface area contributed by atoms with E-state index in [9.17, 15) is 14.7 Å². The number of ketones is 1. The number of aromatic nitrogens is 3. The van der Waals surface area contributed by atoms with Gasteiger partial charge in [0.1, 0.15) is 0 Å². The maximum absolute atomic E-state index is 13.1. The summed E-state index contributed by atoms with van der Waals surface area (Å²) in [6.45, 7) is 2.23. The largest absolute Gasteiger partial charge is 0.480 e. The first-order valence-electron chi connectivity index (χ1n) is 16.4. The fourth-order valence-corrected chi connectivity index (χ4v) is 5.98. The van der Waals surface area contributed by atoms with E-state index in [1.807, 2.05) is 42.5 Å². The molecule has 7 N–H and O–H groups in total. The first-order valence-corrected chi connectivity index (χ1v) is 16.4. The van der Waals surface area contributed by atoms with E-state index < -0.39 is 17.3 Å². The Labute approximate surface area is 281 Å². The normalized spacial score (nSPS) is 15.1. The monoisotopic (exact) mass is 645 g/mol. The molecule has 1 aliphatic rings. The van der Waals surface area contributed by atoms with E-state index >= 15 is 0 Å². The lowest BCUT2D eigenvalue weighted by molar-refractivity contribution is -0.141. The van der Waals surface area contributed by atoms with Crippen molar-refractivity contribution in [2.75, 3.05) is 6.54 Å². The lowest BCUT2D eigenvalue weighted by Gasteiger charge is -2.26. The van der Waals surface area contributed by atoms with Gasteiger partial charge < -0.3 is 27.2 Å². The van der Waals surface area contributed by atoms with Crippen molar-refractivity contribution in [2.24, 2.45) is 11.5 Å². The topological polar surface area (TPSA) is 169 Å². The molecule has 2 aromatic carbocycles. The molecule has 2 atom stereocenters. The summed E-state index contributed by atoms with van der Waals surface area (Å²) in [7, 11) is 0. The van der Waals surface area contributed by atoms with E-state index in [4.69, 9.17) is 11.5 Å². The molecule has 0 saturated carbocycles. The van der Waals surface area contributed by atoms with Crippen molar-refractivity contribution in [1.82, 2.24) is 25.6 Å². The Morgan fingerprint density at radius 2 is 1.65 bits per heavy atom. The van der Waals surface area contributed by atoms with Gasteiger partial charge in [0.2, 0.25) is 0 Å². The summed E-state index contributed by atoms with van der Waals surface area (Å²) in [5.41, 5.74) is 15.1. The lowest BCUT2D eigenvalue weighted by atomic mass is 9.86. The number of aryl methyl sites for hydroxylation is 1. The van der Waals surface area contributed by atoms with E-state index in [-0.39, 0.29) is 18.0 Å². The molecule has 3 aromatic heterocycles. The molecule has 0 bridgehead atoms. The maximum atomic E-state index is 13.1. The highest BCUT2D eigenvalue weighted by Gasteiger charge is 2.42. The van der Waals surface area contributed by atoms with Crippen LogP contribution in [-0.4, -0.2) is 43.9 Å². The summed E-state index contributed by atoms with van der Waals surface area (Å²) in [5, 5.41) is 19.0. The van der Waals surface area contributed by atoms with Crippen molar-refractivity contribution >= 4 is 22.5 Å². The van der Waals surface area contributed by atoms with Gasteiger partial charge in [-0.3, -0.25) is 19.7 Å². The Bertz CT molecular complexity index is 1790. The van der Waals surface area contributed by atoms with Crippen LogP contribution in [0.5, 0.6) is 0 Å². The number of hydrogen-bond acceptors (Lipinski definition) is 9. The molecule has 0 fully saturated rings. The molecular weight excluding hydrogens is 602 g/mol. The summed E-state index contributed by atoms with van der Waals surface area (Å²) >= 11 is 0. The van der Waals surface area contributed by atoms with Gasteiger partial charge in [-0.15, -0.1) is 0 Å². The number of fused-ring (bicyclic) bond motifs is 2. The Hall–Kier alpha value is -4.87. The summed E-state index contributed by atoms with van der Waals surface area (Å²) in [4.78, 5) is 38.2. The van der Waals surface area contributed by atoms with Crippen molar-refractivity contribution in [3.8, 4) is 0 Å². The number of carbonyl (C=O) groups excluding carboxylic acids is 1. The number of aliphatic carboxylic acids is 1. The number of nitrogens with two attached hydrogens (primary N) is 2. The van der Waals surface area contributed by atoms with Gasteiger partial charge in [0.15, 0.2) is 11.3 Å².